The summed E-state index contributed by atoms with van der Waals surface area (Å²) in [6.45, 7) is 12.3. The van der Waals surface area contributed by atoms with Gasteiger partial charge in [0.25, 0.3) is 0 Å². The maximum Gasteiger partial charge on any atom is 0.0469 e. The topological polar surface area (TPSA) is 24.5 Å². The van der Waals surface area contributed by atoms with Crippen molar-refractivity contribution in [3.05, 3.63) is 0 Å². The molecule has 19 heavy (non-hydrogen) atoms. The lowest BCUT2D eigenvalue weighted by atomic mass is 10.00. The first-order valence-corrected chi connectivity index (χ1v) is 7.99. The highest BCUT2D eigenvalue weighted by atomic mass is 16.5. The highest BCUT2D eigenvalue weighted by Crippen LogP contribution is 2.15. The summed E-state index contributed by atoms with van der Waals surface area (Å²) >= 11 is 0. The van der Waals surface area contributed by atoms with Crippen LogP contribution in [0.4, 0.5) is 0 Å². The van der Waals surface area contributed by atoms with Gasteiger partial charge in [0.05, 0.1) is 0 Å². The molecule has 1 rings (SSSR count). The van der Waals surface area contributed by atoms with Crippen molar-refractivity contribution in [3.63, 3.8) is 0 Å². The van der Waals surface area contributed by atoms with Gasteiger partial charge in [0, 0.05) is 25.3 Å². The third kappa shape index (κ3) is 9.42. The van der Waals surface area contributed by atoms with E-state index < -0.39 is 0 Å². The minimum Gasteiger partial charge on any atom is -0.381 e. The standard InChI is InChI=1S/C16H34N2O/c1-16(2,3)17-10-6-5-7-11-18(4)14-15-8-12-19-13-9-15/h15,17H,5-14H2,1-4H3. The molecule has 0 unspecified atom stereocenters. The first-order valence-electron chi connectivity index (χ1n) is 7.99. The molecule has 0 radical (unpaired) electrons. The zero-order valence-electron chi connectivity index (χ0n) is 13.5. The van der Waals surface area contributed by atoms with Gasteiger partial charge in [-0.05, 0) is 72.5 Å². The molecule has 0 amide bonds. The summed E-state index contributed by atoms with van der Waals surface area (Å²) in [7, 11) is 2.27. The van der Waals surface area contributed by atoms with Crippen molar-refractivity contribution in [2.75, 3.05) is 39.9 Å². The summed E-state index contributed by atoms with van der Waals surface area (Å²) in [6.07, 6.45) is 6.45. The second-order valence-corrected chi connectivity index (χ2v) is 7.06. The van der Waals surface area contributed by atoms with Crippen molar-refractivity contribution in [1.29, 1.82) is 0 Å². The molecule has 3 heteroatoms. The summed E-state index contributed by atoms with van der Waals surface area (Å²) in [5, 5.41) is 3.55. The summed E-state index contributed by atoms with van der Waals surface area (Å²) in [5.41, 5.74) is 0.264. The van der Waals surface area contributed by atoms with E-state index in [9.17, 15) is 0 Å². The third-order valence-electron chi connectivity index (χ3n) is 3.78. The van der Waals surface area contributed by atoms with Crippen LogP contribution in [0.15, 0.2) is 0 Å². The lowest BCUT2D eigenvalue weighted by Crippen LogP contribution is -2.36. The fourth-order valence-electron chi connectivity index (χ4n) is 2.61. The van der Waals surface area contributed by atoms with Gasteiger partial charge >= 0.3 is 0 Å². The SMILES string of the molecule is CN(CCCCCNC(C)(C)C)CC1CCOCC1. The van der Waals surface area contributed by atoms with Crippen LogP contribution in [-0.4, -0.2) is 50.3 Å². The zero-order valence-corrected chi connectivity index (χ0v) is 13.5. The number of nitrogens with one attached hydrogen (secondary N) is 1. The lowest BCUT2D eigenvalue weighted by molar-refractivity contribution is 0.0556. The van der Waals surface area contributed by atoms with Gasteiger partial charge in [-0.25, -0.2) is 0 Å². The van der Waals surface area contributed by atoms with E-state index in [0.29, 0.717) is 0 Å². The molecule has 1 fully saturated rings. The Morgan fingerprint density at radius 1 is 1.11 bits per heavy atom. The summed E-state index contributed by atoms with van der Waals surface area (Å²) < 4.78 is 5.41. The summed E-state index contributed by atoms with van der Waals surface area (Å²) in [4.78, 5) is 2.51. The molecule has 0 aromatic heterocycles. The van der Waals surface area contributed by atoms with Gasteiger partial charge in [-0.15, -0.1) is 0 Å². The molecule has 0 bridgehead atoms. The zero-order chi connectivity index (χ0) is 14.1. The molecule has 1 saturated heterocycles. The minimum atomic E-state index is 0.264. The number of unbranched alkanes of at least 4 members (excludes halogenated alkanes) is 2. The largest absolute Gasteiger partial charge is 0.381 e. The number of hydrogen-bond donors (Lipinski definition) is 1. The van der Waals surface area contributed by atoms with Gasteiger partial charge in [0.1, 0.15) is 0 Å². The predicted molar refractivity (Wildman–Crippen MR) is 82.6 cm³/mol. The van der Waals surface area contributed by atoms with E-state index in [4.69, 9.17) is 4.74 Å². The second kappa shape index (κ2) is 8.93. The van der Waals surface area contributed by atoms with Gasteiger partial charge in [0.15, 0.2) is 0 Å². The van der Waals surface area contributed by atoms with Crippen LogP contribution in [-0.2, 0) is 4.74 Å². The molecule has 0 aromatic carbocycles. The molecule has 0 atom stereocenters. The van der Waals surface area contributed by atoms with E-state index in [-0.39, 0.29) is 5.54 Å². The van der Waals surface area contributed by atoms with Crippen LogP contribution < -0.4 is 5.32 Å². The van der Waals surface area contributed by atoms with Crippen LogP contribution in [0.1, 0.15) is 52.9 Å². The second-order valence-electron chi connectivity index (χ2n) is 7.06. The number of rotatable bonds is 8. The Bertz CT molecular complexity index is 219. The lowest BCUT2D eigenvalue weighted by Gasteiger charge is -2.27. The molecule has 1 aliphatic heterocycles. The van der Waals surface area contributed by atoms with Crippen molar-refractivity contribution < 1.29 is 4.74 Å². The molecule has 0 aliphatic carbocycles. The van der Waals surface area contributed by atoms with Crippen LogP contribution in [0.2, 0.25) is 0 Å². The van der Waals surface area contributed by atoms with Crippen molar-refractivity contribution in [2.24, 2.45) is 5.92 Å². The number of ether oxygens (including phenoxy) is 1. The maximum absolute atomic E-state index is 5.41. The Hall–Kier alpha value is -0.120. The molecular weight excluding hydrogens is 236 g/mol. The van der Waals surface area contributed by atoms with Gasteiger partial charge < -0.3 is 15.0 Å². The molecular formula is C16H34N2O. The van der Waals surface area contributed by atoms with Crippen LogP contribution in [0.3, 0.4) is 0 Å². The summed E-state index contributed by atoms with van der Waals surface area (Å²) in [6, 6.07) is 0. The Kier molecular flexibility index (Phi) is 7.96. The van der Waals surface area contributed by atoms with Gasteiger partial charge in [0.2, 0.25) is 0 Å². The van der Waals surface area contributed by atoms with Crippen molar-refractivity contribution in [2.45, 2.75) is 58.4 Å². The van der Waals surface area contributed by atoms with Crippen molar-refractivity contribution in [3.8, 4) is 0 Å². The fourth-order valence-corrected chi connectivity index (χ4v) is 2.61. The average molecular weight is 270 g/mol. The molecule has 3 nitrogen and oxygen atoms in total. The van der Waals surface area contributed by atoms with E-state index >= 15 is 0 Å². The molecule has 0 spiro atoms. The van der Waals surface area contributed by atoms with E-state index in [2.05, 4.69) is 38.0 Å². The molecule has 1 heterocycles. The van der Waals surface area contributed by atoms with E-state index in [1.165, 1.54) is 45.2 Å². The van der Waals surface area contributed by atoms with E-state index in [1.807, 2.05) is 0 Å². The average Bonchev–Trinajstić information content (AvgIpc) is 2.33. The van der Waals surface area contributed by atoms with Gasteiger partial charge in [-0.2, -0.15) is 0 Å². The van der Waals surface area contributed by atoms with Crippen LogP contribution >= 0.6 is 0 Å². The first-order chi connectivity index (χ1) is 8.97. The molecule has 1 aliphatic rings. The van der Waals surface area contributed by atoms with Gasteiger partial charge in [-0.3, -0.25) is 0 Å². The molecule has 0 aromatic rings. The van der Waals surface area contributed by atoms with Crippen molar-refractivity contribution >= 4 is 0 Å². The molecule has 114 valence electrons. The molecule has 0 saturated carbocycles. The number of hydrogen-bond acceptors (Lipinski definition) is 3. The van der Waals surface area contributed by atoms with Crippen LogP contribution in [0, 0.1) is 5.92 Å². The Labute approximate surface area is 120 Å². The Morgan fingerprint density at radius 2 is 1.79 bits per heavy atom. The third-order valence-corrected chi connectivity index (χ3v) is 3.78. The normalized spacial score (nSPS) is 18.2. The highest BCUT2D eigenvalue weighted by molar-refractivity contribution is 4.70. The fraction of sp³-hybridized carbons (Fsp3) is 1.00. The monoisotopic (exact) mass is 270 g/mol. The van der Waals surface area contributed by atoms with E-state index in [1.54, 1.807) is 0 Å². The Morgan fingerprint density at radius 3 is 2.42 bits per heavy atom. The molecule has 1 N–H and O–H groups in total. The smallest absolute Gasteiger partial charge is 0.0469 e. The maximum atomic E-state index is 5.41. The predicted octanol–water partition coefficient (Wildman–Crippen LogP) is 2.90. The first kappa shape index (κ1) is 16.9. The minimum absolute atomic E-state index is 0.264. The number of nitrogens with zero attached hydrogens (tertiary/aromatic N) is 1. The van der Waals surface area contributed by atoms with E-state index in [0.717, 1.165) is 25.7 Å². The summed E-state index contributed by atoms with van der Waals surface area (Å²) in [5.74, 6) is 0.862. The Balaban J connectivity index is 1.93. The van der Waals surface area contributed by atoms with Crippen molar-refractivity contribution in [1.82, 2.24) is 10.2 Å². The quantitative estimate of drug-likeness (QED) is 0.686. The highest BCUT2D eigenvalue weighted by Gasteiger charge is 2.15. The van der Waals surface area contributed by atoms with Crippen LogP contribution in [0.25, 0.3) is 0 Å². The van der Waals surface area contributed by atoms with Crippen LogP contribution in [0.5, 0.6) is 0 Å². The van der Waals surface area contributed by atoms with Gasteiger partial charge in [-0.1, -0.05) is 6.42 Å².